The Balaban J connectivity index is 2.02. The molecule has 1 aromatic rings. The molecule has 2 atom stereocenters. The molecule has 92 valence electrons. The summed E-state index contributed by atoms with van der Waals surface area (Å²) in [5, 5.41) is 0. The van der Waals surface area contributed by atoms with Crippen LogP contribution in [0.5, 0.6) is 0 Å². The maximum atomic E-state index is 11.7. The van der Waals surface area contributed by atoms with Gasteiger partial charge in [-0.2, -0.15) is 0 Å². The quantitative estimate of drug-likeness (QED) is 0.738. The number of benzene rings is 1. The van der Waals surface area contributed by atoms with Gasteiger partial charge < -0.3 is 9.47 Å². The second-order valence-electron chi connectivity index (χ2n) is 5.45. The van der Waals surface area contributed by atoms with Crippen molar-refractivity contribution >= 4 is 5.97 Å². The van der Waals surface area contributed by atoms with Gasteiger partial charge in [-0.15, -0.1) is 0 Å². The highest BCUT2D eigenvalue weighted by molar-refractivity contribution is 5.76. The molecular formula is C14H18O3. The highest BCUT2D eigenvalue weighted by Crippen LogP contribution is 2.30. The first-order valence-corrected chi connectivity index (χ1v) is 5.87. The van der Waals surface area contributed by atoms with Crippen LogP contribution in [0.2, 0.25) is 0 Å². The van der Waals surface area contributed by atoms with Gasteiger partial charge >= 0.3 is 5.97 Å². The summed E-state index contributed by atoms with van der Waals surface area (Å²) in [6.07, 6.45) is -0.336. The molecule has 2 rings (SSSR count). The van der Waals surface area contributed by atoms with E-state index in [2.05, 4.69) is 0 Å². The van der Waals surface area contributed by atoms with E-state index in [1.54, 1.807) is 0 Å². The molecule has 0 bridgehead atoms. The molecule has 0 spiro atoms. The van der Waals surface area contributed by atoms with Crippen LogP contribution in [-0.2, 0) is 20.7 Å². The third kappa shape index (κ3) is 2.86. The van der Waals surface area contributed by atoms with E-state index >= 15 is 0 Å². The summed E-state index contributed by atoms with van der Waals surface area (Å²) in [6.45, 7) is 5.99. The lowest BCUT2D eigenvalue weighted by molar-refractivity contribution is -0.154. The largest absolute Gasteiger partial charge is 0.433 e. The topological polar surface area (TPSA) is 35.5 Å². The molecule has 17 heavy (non-hydrogen) atoms. The monoisotopic (exact) mass is 234 g/mol. The molecule has 0 radical (unpaired) electrons. The maximum absolute atomic E-state index is 11.7. The number of ether oxygens (including phenoxy) is 2. The van der Waals surface area contributed by atoms with Gasteiger partial charge in [0.05, 0.1) is 0 Å². The number of hydrogen-bond acceptors (Lipinski definition) is 3. The minimum Gasteiger partial charge on any atom is -0.433 e. The summed E-state index contributed by atoms with van der Waals surface area (Å²) < 4.78 is 10.9. The van der Waals surface area contributed by atoms with Gasteiger partial charge in [-0.3, -0.25) is 0 Å². The lowest BCUT2D eigenvalue weighted by atomic mass is 9.96. The van der Waals surface area contributed by atoms with Gasteiger partial charge in [0.25, 0.3) is 0 Å². The zero-order valence-electron chi connectivity index (χ0n) is 10.5. The SMILES string of the molecule is CC(C)(C)C1OC(=O)C(Cc2ccccc2)O1. The Morgan fingerprint density at radius 2 is 1.82 bits per heavy atom. The third-order valence-electron chi connectivity index (χ3n) is 2.74. The summed E-state index contributed by atoms with van der Waals surface area (Å²) in [7, 11) is 0. The Morgan fingerprint density at radius 3 is 2.35 bits per heavy atom. The molecule has 1 aliphatic rings. The molecule has 0 aliphatic carbocycles. The van der Waals surface area contributed by atoms with Crippen molar-refractivity contribution in [3.63, 3.8) is 0 Å². The predicted molar refractivity (Wildman–Crippen MR) is 64.4 cm³/mol. The van der Waals surface area contributed by atoms with Crippen molar-refractivity contribution in [3.8, 4) is 0 Å². The van der Waals surface area contributed by atoms with E-state index in [1.165, 1.54) is 0 Å². The third-order valence-corrected chi connectivity index (χ3v) is 2.74. The fourth-order valence-corrected chi connectivity index (χ4v) is 1.75. The standard InChI is InChI=1S/C14H18O3/c1-14(2,3)13-16-11(12(15)17-13)9-10-7-5-4-6-8-10/h4-8,11,13H,9H2,1-3H3. The van der Waals surface area contributed by atoms with Gasteiger partial charge in [-0.1, -0.05) is 51.1 Å². The van der Waals surface area contributed by atoms with Crippen molar-refractivity contribution in [1.82, 2.24) is 0 Å². The molecule has 1 heterocycles. The van der Waals surface area contributed by atoms with Crippen LogP contribution in [0.15, 0.2) is 30.3 Å². The average Bonchev–Trinajstić information content (AvgIpc) is 2.62. The molecule has 1 fully saturated rings. The number of carbonyl (C=O) groups excluding carboxylic acids is 1. The number of cyclic esters (lactones) is 1. The Kier molecular flexibility index (Phi) is 3.20. The van der Waals surface area contributed by atoms with Crippen LogP contribution in [0.1, 0.15) is 26.3 Å². The Hall–Kier alpha value is -1.35. The van der Waals surface area contributed by atoms with E-state index in [0.717, 1.165) is 5.56 Å². The first-order valence-electron chi connectivity index (χ1n) is 5.87. The fourth-order valence-electron chi connectivity index (χ4n) is 1.75. The summed E-state index contributed by atoms with van der Waals surface area (Å²) in [5.74, 6) is -0.256. The summed E-state index contributed by atoms with van der Waals surface area (Å²) in [6, 6.07) is 9.84. The van der Waals surface area contributed by atoms with E-state index < -0.39 is 12.4 Å². The Bertz CT molecular complexity index is 392. The van der Waals surface area contributed by atoms with Gasteiger partial charge in [0.15, 0.2) is 6.10 Å². The number of carbonyl (C=O) groups is 1. The van der Waals surface area contributed by atoms with E-state index in [9.17, 15) is 4.79 Å². The lowest BCUT2D eigenvalue weighted by Gasteiger charge is -2.24. The number of rotatable bonds is 2. The summed E-state index contributed by atoms with van der Waals surface area (Å²) >= 11 is 0. The molecule has 2 unspecified atom stereocenters. The second kappa shape index (κ2) is 4.49. The fraction of sp³-hybridized carbons (Fsp3) is 0.500. The Labute approximate surface area is 102 Å². The van der Waals surface area contributed by atoms with Gasteiger partial charge in [0.2, 0.25) is 6.29 Å². The smallest absolute Gasteiger partial charge is 0.338 e. The maximum Gasteiger partial charge on any atom is 0.338 e. The molecule has 0 aromatic heterocycles. The van der Waals surface area contributed by atoms with Crippen molar-refractivity contribution in [2.24, 2.45) is 5.41 Å². The molecule has 3 heteroatoms. The van der Waals surface area contributed by atoms with Gasteiger partial charge in [-0.25, -0.2) is 4.79 Å². The molecule has 0 saturated carbocycles. The number of esters is 1. The van der Waals surface area contributed by atoms with Crippen molar-refractivity contribution in [2.75, 3.05) is 0 Å². The van der Waals surface area contributed by atoms with Gasteiger partial charge in [-0.05, 0) is 5.56 Å². The molecule has 0 amide bonds. The molecule has 1 aliphatic heterocycles. The average molecular weight is 234 g/mol. The molecule has 3 nitrogen and oxygen atoms in total. The van der Waals surface area contributed by atoms with Crippen LogP contribution < -0.4 is 0 Å². The van der Waals surface area contributed by atoms with Crippen LogP contribution in [-0.4, -0.2) is 18.4 Å². The van der Waals surface area contributed by atoms with Gasteiger partial charge in [0.1, 0.15) is 0 Å². The first kappa shape index (κ1) is 12.1. The highest BCUT2D eigenvalue weighted by Gasteiger charge is 2.41. The van der Waals surface area contributed by atoms with Crippen LogP contribution in [0.3, 0.4) is 0 Å². The van der Waals surface area contributed by atoms with Crippen LogP contribution in [0.4, 0.5) is 0 Å². The van der Waals surface area contributed by atoms with Crippen molar-refractivity contribution in [1.29, 1.82) is 0 Å². The highest BCUT2D eigenvalue weighted by atomic mass is 16.8. The van der Waals surface area contributed by atoms with E-state index in [4.69, 9.17) is 9.47 Å². The van der Waals surface area contributed by atoms with Crippen LogP contribution >= 0.6 is 0 Å². The first-order chi connectivity index (χ1) is 7.97. The van der Waals surface area contributed by atoms with Crippen molar-refractivity contribution < 1.29 is 14.3 Å². The van der Waals surface area contributed by atoms with E-state index in [-0.39, 0.29) is 11.4 Å². The minimum absolute atomic E-state index is 0.179. The van der Waals surface area contributed by atoms with Crippen molar-refractivity contribution in [2.45, 2.75) is 39.6 Å². The lowest BCUT2D eigenvalue weighted by Crippen LogP contribution is -2.28. The zero-order valence-corrected chi connectivity index (χ0v) is 10.5. The van der Waals surface area contributed by atoms with E-state index in [0.29, 0.717) is 6.42 Å². The molecular weight excluding hydrogens is 216 g/mol. The predicted octanol–water partition coefficient (Wildman–Crippen LogP) is 2.54. The second-order valence-corrected chi connectivity index (χ2v) is 5.45. The zero-order chi connectivity index (χ0) is 12.5. The summed E-state index contributed by atoms with van der Waals surface area (Å²) in [5.41, 5.74) is 0.908. The Morgan fingerprint density at radius 1 is 1.18 bits per heavy atom. The van der Waals surface area contributed by atoms with Crippen LogP contribution in [0.25, 0.3) is 0 Å². The molecule has 1 saturated heterocycles. The summed E-state index contributed by atoms with van der Waals surface area (Å²) in [4.78, 5) is 11.7. The normalized spacial score (nSPS) is 24.8. The number of hydrogen-bond donors (Lipinski definition) is 0. The van der Waals surface area contributed by atoms with Crippen LogP contribution in [0, 0.1) is 5.41 Å². The molecule has 0 N–H and O–H groups in total. The van der Waals surface area contributed by atoms with E-state index in [1.807, 2.05) is 51.1 Å². The van der Waals surface area contributed by atoms with Gasteiger partial charge in [0, 0.05) is 11.8 Å². The minimum atomic E-state index is -0.471. The molecule has 1 aromatic carbocycles. The van der Waals surface area contributed by atoms with Crippen molar-refractivity contribution in [3.05, 3.63) is 35.9 Å².